The maximum absolute atomic E-state index is 13.0. The molecule has 5 rings (SSSR count). The van der Waals surface area contributed by atoms with Gasteiger partial charge in [-0.05, 0) is 73.2 Å². The first-order valence-corrected chi connectivity index (χ1v) is 13.1. The number of hydrogen-bond acceptors (Lipinski definition) is 5. The van der Waals surface area contributed by atoms with Crippen molar-refractivity contribution in [2.24, 2.45) is 0 Å². The Hall–Kier alpha value is -3.08. The maximum atomic E-state index is 13.0. The van der Waals surface area contributed by atoms with Gasteiger partial charge in [-0.25, -0.2) is 13.1 Å². The molecule has 0 radical (unpaired) electrons. The molecule has 1 fully saturated rings. The zero-order valence-electron chi connectivity index (χ0n) is 19.1. The van der Waals surface area contributed by atoms with E-state index in [-0.39, 0.29) is 10.9 Å². The second-order valence-electron chi connectivity index (χ2n) is 9.01. The second-order valence-corrected chi connectivity index (χ2v) is 10.7. The molecule has 36 heavy (non-hydrogen) atoms. The fourth-order valence-corrected chi connectivity index (χ4v) is 6.42. The number of sulfonamides is 1. The van der Waals surface area contributed by atoms with E-state index in [1.165, 1.54) is 0 Å². The molecular formula is C26H25F3N2O4S. The van der Waals surface area contributed by atoms with E-state index in [2.05, 4.69) is 26.5 Å². The number of nitrogens with one attached hydrogen (secondary N) is 1. The van der Waals surface area contributed by atoms with Crippen molar-refractivity contribution in [3.05, 3.63) is 83.9 Å². The molecule has 2 aliphatic rings. The minimum atomic E-state index is -4.87. The number of ether oxygens (including phenoxy) is 1. The number of anilines is 2. The summed E-state index contributed by atoms with van der Waals surface area (Å²) in [6.45, 7) is 0. The molecule has 0 spiro atoms. The molecule has 1 aliphatic carbocycles. The van der Waals surface area contributed by atoms with Crippen molar-refractivity contribution >= 4 is 21.4 Å². The average Bonchev–Trinajstić information content (AvgIpc) is 3.08. The number of nitrogens with zero attached hydrogens (tertiary/aromatic N) is 1. The van der Waals surface area contributed by atoms with Crippen molar-refractivity contribution in [1.82, 2.24) is 4.72 Å². The maximum Gasteiger partial charge on any atom is 0.573 e. The van der Waals surface area contributed by atoms with Gasteiger partial charge < -0.3 is 14.7 Å². The van der Waals surface area contributed by atoms with E-state index >= 15 is 0 Å². The Bertz CT molecular complexity index is 1300. The van der Waals surface area contributed by atoms with Crippen molar-refractivity contribution in [3.8, 4) is 5.75 Å². The second kappa shape index (κ2) is 9.42. The summed E-state index contributed by atoms with van der Waals surface area (Å²) in [7, 11) is -4.08. The van der Waals surface area contributed by atoms with Crippen LogP contribution < -0.4 is 14.4 Å². The first-order chi connectivity index (χ1) is 17.1. The van der Waals surface area contributed by atoms with Crippen molar-refractivity contribution in [2.45, 2.75) is 55.1 Å². The number of aryl methyl sites for hydroxylation is 2. The van der Waals surface area contributed by atoms with Crippen molar-refractivity contribution in [3.63, 3.8) is 0 Å². The Morgan fingerprint density at radius 3 is 1.97 bits per heavy atom. The van der Waals surface area contributed by atoms with E-state index in [9.17, 15) is 26.7 Å². The zero-order chi connectivity index (χ0) is 25.5. The van der Waals surface area contributed by atoms with E-state index in [0.29, 0.717) is 12.8 Å². The number of aliphatic hydroxyl groups excluding tert-OH is 1. The Labute approximate surface area is 207 Å². The molecule has 0 aromatic heterocycles. The molecule has 1 saturated carbocycles. The quantitative estimate of drug-likeness (QED) is 0.512. The molecule has 0 amide bonds. The molecule has 6 nitrogen and oxygen atoms in total. The number of aliphatic hydroxyl groups is 1. The highest BCUT2D eigenvalue weighted by molar-refractivity contribution is 7.89. The first-order valence-electron chi connectivity index (χ1n) is 11.6. The van der Waals surface area contributed by atoms with E-state index in [0.717, 1.165) is 59.6 Å². The van der Waals surface area contributed by atoms with Crippen LogP contribution in [0.3, 0.4) is 0 Å². The zero-order valence-corrected chi connectivity index (χ0v) is 20.0. The number of fused-ring (bicyclic) bond motifs is 2. The van der Waals surface area contributed by atoms with Gasteiger partial charge in [-0.3, -0.25) is 0 Å². The van der Waals surface area contributed by atoms with Crippen molar-refractivity contribution in [1.29, 1.82) is 0 Å². The highest BCUT2D eigenvalue weighted by atomic mass is 32.2. The molecule has 3 aromatic carbocycles. The molecule has 0 saturated heterocycles. The van der Waals surface area contributed by atoms with E-state index in [1.54, 1.807) is 0 Å². The fraction of sp³-hybridized carbons (Fsp3) is 0.308. The third-order valence-corrected chi connectivity index (χ3v) is 8.26. The van der Waals surface area contributed by atoms with Crippen molar-refractivity contribution in [2.75, 3.05) is 4.90 Å². The van der Waals surface area contributed by atoms with Crippen LogP contribution in [0.15, 0.2) is 77.7 Å². The highest BCUT2D eigenvalue weighted by Gasteiger charge is 2.42. The molecule has 3 atom stereocenters. The first kappa shape index (κ1) is 24.6. The van der Waals surface area contributed by atoms with Crippen LogP contribution >= 0.6 is 0 Å². The highest BCUT2D eigenvalue weighted by Crippen LogP contribution is 2.41. The minimum absolute atomic E-state index is 0.210. The lowest BCUT2D eigenvalue weighted by atomic mass is 10.0. The molecule has 1 heterocycles. The van der Waals surface area contributed by atoms with Gasteiger partial charge in [0.05, 0.1) is 23.1 Å². The lowest BCUT2D eigenvalue weighted by Crippen LogP contribution is -2.47. The fourth-order valence-electron chi connectivity index (χ4n) is 5.13. The largest absolute Gasteiger partial charge is 0.573 e. The third-order valence-electron chi connectivity index (χ3n) is 6.75. The smallest absolute Gasteiger partial charge is 0.406 e. The number of rotatable bonds is 5. The van der Waals surface area contributed by atoms with Crippen LogP contribution in [0.4, 0.5) is 24.5 Å². The van der Waals surface area contributed by atoms with Crippen LogP contribution in [0.1, 0.15) is 24.0 Å². The normalized spacial score (nSPS) is 22.0. The summed E-state index contributed by atoms with van der Waals surface area (Å²) in [5.74, 6) is -0.513. The molecule has 2 unspecified atom stereocenters. The van der Waals surface area contributed by atoms with Crippen LogP contribution in [0.5, 0.6) is 5.75 Å². The molecule has 10 heteroatoms. The molecule has 0 bridgehead atoms. The predicted octanol–water partition coefficient (Wildman–Crippen LogP) is 4.69. The summed E-state index contributed by atoms with van der Waals surface area (Å²) in [4.78, 5) is 1.91. The molecular weight excluding hydrogens is 493 g/mol. The van der Waals surface area contributed by atoms with Gasteiger partial charge in [0.15, 0.2) is 0 Å². The van der Waals surface area contributed by atoms with Crippen LogP contribution in [-0.2, 0) is 22.9 Å². The predicted molar refractivity (Wildman–Crippen MR) is 129 cm³/mol. The van der Waals surface area contributed by atoms with Gasteiger partial charge in [-0.2, -0.15) is 0 Å². The summed E-state index contributed by atoms with van der Waals surface area (Å²) in [5, 5.41) is 11.3. The summed E-state index contributed by atoms with van der Waals surface area (Å²) in [6, 6.07) is 18.9. The minimum Gasteiger partial charge on any atom is -0.406 e. The number of para-hydroxylation sites is 2. The average molecular weight is 519 g/mol. The van der Waals surface area contributed by atoms with Crippen LogP contribution in [0, 0.1) is 0 Å². The van der Waals surface area contributed by atoms with Gasteiger partial charge in [0.2, 0.25) is 10.0 Å². The van der Waals surface area contributed by atoms with Crippen LogP contribution in [0.25, 0.3) is 0 Å². The van der Waals surface area contributed by atoms with Gasteiger partial charge in [0.1, 0.15) is 5.75 Å². The SMILES string of the molecule is O=S(=O)(NC1CCC(N2c3ccccc3CCc3ccccc32)[C@H]1O)c1ccc(OC(F)(F)F)cc1. The molecule has 1 aliphatic heterocycles. The summed E-state index contributed by atoms with van der Waals surface area (Å²) in [6.07, 6.45) is -3.21. The summed E-state index contributed by atoms with van der Waals surface area (Å²) < 4.78 is 69.5. The van der Waals surface area contributed by atoms with E-state index in [4.69, 9.17) is 0 Å². The Morgan fingerprint density at radius 1 is 0.861 bits per heavy atom. The van der Waals surface area contributed by atoms with E-state index in [1.807, 2.05) is 36.4 Å². The Balaban J connectivity index is 1.39. The Morgan fingerprint density at radius 2 is 1.42 bits per heavy atom. The van der Waals surface area contributed by atoms with Gasteiger partial charge in [-0.1, -0.05) is 36.4 Å². The van der Waals surface area contributed by atoms with Gasteiger partial charge in [-0.15, -0.1) is 13.2 Å². The third kappa shape index (κ3) is 4.93. The van der Waals surface area contributed by atoms with Gasteiger partial charge in [0, 0.05) is 11.4 Å². The van der Waals surface area contributed by atoms with Gasteiger partial charge in [0.25, 0.3) is 0 Å². The Kier molecular flexibility index (Phi) is 6.44. The summed E-state index contributed by atoms with van der Waals surface area (Å²) in [5.41, 5.74) is 4.31. The van der Waals surface area contributed by atoms with Gasteiger partial charge >= 0.3 is 6.36 Å². The van der Waals surface area contributed by atoms with Crippen LogP contribution in [0.2, 0.25) is 0 Å². The number of hydrogen-bond donors (Lipinski definition) is 2. The molecule has 3 aromatic rings. The molecule has 190 valence electrons. The number of halogens is 3. The number of benzene rings is 3. The lowest BCUT2D eigenvalue weighted by Gasteiger charge is -2.35. The monoisotopic (exact) mass is 518 g/mol. The lowest BCUT2D eigenvalue weighted by molar-refractivity contribution is -0.274. The summed E-state index contributed by atoms with van der Waals surface area (Å²) >= 11 is 0. The van der Waals surface area contributed by atoms with E-state index < -0.39 is 34.3 Å². The molecule has 2 N–H and O–H groups in total. The topological polar surface area (TPSA) is 78.9 Å². The standard InChI is InChI=1S/C26H25F3N2O4S/c27-26(28,29)35-19-11-13-20(14-12-19)36(33,34)30-21-15-16-24(25(21)32)31-22-7-3-1-5-17(22)9-10-18-6-2-4-8-23(18)31/h1-8,11-14,21,24-25,30,32H,9-10,15-16H2/t21?,24?,25-/m0/s1. The number of alkyl halides is 3. The van der Waals surface area contributed by atoms with Crippen molar-refractivity contribution < 1.29 is 31.4 Å². The van der Waals surface area contributed by atoms with Crippen LogP contribution in [-0.4, -0.2) is 38.1 Å².